The summed E-state index contributed by atoms with van der Waals surface area (Å²) >= 11 is 0. The van der Waals surface area contributed by atoms with E-state index in [1.54, 1.807) is 0 Å². The number of halogens is 2. The van der Waals surface area contributed by atoms with E-state index in [2.05, 4.69) is 12.1 Å². The van der Waals surface area contributed by atoms with E-state index in [0.29, 0.717) is 6.61 Å². The van der Waals surface area contributed by atoms with Crippen molar-refractivity contribution in [2.24, 2.45) is 5.73 Å². The van der Waals surface area contributed by atoms with Crippen molar-refractivity contribution in [2.45, 2.75) is 12.6 Å². The monoisotopic (exact) mass is 276 g/mol. The van der Waals surface area contributed by atoms with Crippen molar-refractivity contribution < 1.29 is 4.84 Å². The van der Waals surface area contributed by atoms with Crippen LogP contribution in [0.1, 0.15) is 5.56 Å². The van der Waals surface area contributed by atoms with Crippen LogP contribution in [0.3, 0.4) is 0 Å². The summed E-state index contributed by atoms with van der Waals surface area (Å²) in [7, 11) is 0. The van der Waals surface area contributed by atoms with Crippen LogP contribution in [0, 0.1) is 0 Å². The molecule has 2 rings (SSSR count). The third kappa shape index (κ3) is 5.52. The van der Waals surface area contributed by atoms with Gasteiger partial charge in [0, 0.05) is 19.1 Å². The van der Waals surface area contributed by atoms with Crippen LogP contribution in [0.25, 0.3) is 0 Å². The lowest BCUT2D eigenvalue weighted by atomic mass is 10.2. The molecule has 1 heterocycles. The summed E-state index contributed by atoms with van der Waals surface area (Å²) in [6.07, 6.45) is 4.06. The Morgan fingerprint density at radius 2 is 1.94 bits per heavy atom. The third-order valence-corrected chi connectivity index (χ3v) is 2.36. The van der Waals surface area contributed by atoms with Crippen molar-refractivity contribution in [1.82, 2.24) is 5.06 Å². The first-order valence-electron chi connectivity index (χ1n) is 5.18. The Labute approximate surface area is 114 Å². The Morgan fingerprint density at radius 3 is 2.59 bits per heavy atom. The van der Waals surface area contributed by atoms with E-state index in [1.807, 2.05) is 35.4 Å². The predicted octanol–water partition coefficient (Wildman–Crippen LogP) is 2.16. The Kier molecular flexibility index (Phi) is 8.21. The SMILES string of the molecule is Cl.Cl.NC1C=CCN(OCc2ccccc2)C1. The van der Waals surface area contributed by atoms with Gasteiger partial charge in [0.25, 0.3) is 0 Å². The number of rotatable bonds is 3. The van der Waals surface area contributed by atoms with Gasteiger partial charge < -0.3 is 5.73 Å². The normalized spacial score (nSPS) is 19.2. The van der Waals surface area contributed by atoms with E-state index in [1.165, 1.54) is 5.56 Å². The molecule has 0 saturated heterocycles. The molecule has 17 heavy (non-hydrogen) atoms. The van der Waals surface area contributed by atoms with Gasteiger partial charge in [0.05, 0.1) is 6.61 Å². The molecule has 1 aromatic rings. The summed E-state index contributed by atoms with van der Waals surface area (Å²) in [5, 5.41) is 1.90. The molecule has 0 aliphatic carbocycles. The summed E-state index contributed by atoms with van der Waals surface area (Å²) in [6, 6.07) is 10.2. The molecule has 3 nitrogen and oxygen atoms in total. The molecule has 1 aromatic carbocycles. The van der Waals surface area contributed by atoms with E-state index in [9.17, 15) is 0 Å². The van der Waals surface area contributed by atoms with E-state index in [0.717, 1.165) is 13.1 Å². The molecule has 0 bridgehead atoms. The summed E-state index contributed by atoms with van der Waals surface area (Å²) < 4.78 is 0. The smallest absolute Gasteiger partial charge is 0.0936 e. The Morgan fingerprint density at radius 1 is 1.24 bits per heavy atom. The molecule has 2 N–H and O–H groups in total. The molecular formula is C12H18Cl2N2O. The minimum Gasteiger partial charge on any atom is -0.323 e. The molecule has 0 radical (unpaired) electrons. The molecule has 0 spiro atoms. The fraction of sp³-hybridized carbons (Fsp3) is 0.333. The van der Waals surface area contributed by atoms with Crippen molar-refractivity contribution in [1.29, 1.82) is 0 Å². The lowest BCUT2D eigenvalue weighted by Gasteiger charge is -2.25. The van der Waals surface area contributed by atoms with Crippen LogP contribution in [0.4, 0.5) is 0 Å². The lowest BCUT2D eigenvalue weighted by Crippen LogP contribution is -2.39. The van der Waals surface area contributed by atoms with Crippen LogP contribution in [0.5, 0.6) is 0 Å². The summed E-state index contributed by atoms with van der Waals surface area (Å²) in [4.78, 5) is 5.64. The van der Waals surface area contributed by atoms with Gasteiger partial charge >= 0.3 is 0 Å². The maximum atomic E-state index is 5.79. The first-order valence-corrected chi connectivity index (χ1v) is 5.18. The summed E-state index contributed by atoms with van der Waals surface area (Å²) in [5.41, 5.74) is 6.97. The van der Waals surface area contributed by atoms with Crippen molar-refractivity contribution in [3.05, 3.63) is 48.0 Å². The van der Waals surface area contributed by atoms with Crippen LogP contribution in [0.15, 0.2) is 42.5 Å². The van der Waals surface area contributed by atoms with Gasteiger partial charge in [0.1, 0.15) is 0 Å². The van der Waals surface area contributed by atoms with Crippen molar-refractivity contribution in [3.63, 3.8) is 0 Å². The first-order chi connectivity index (χ1) is 7.34. The lowest BCUT2D eigenvalue weighted by molar-refractivity contribution is -0.165. The predicted molar refractivity (Wildman–Crippen MR) is 74.4 cm³/mol. The second kappa shape index (κ2) is 8.50. The van der Waals surface area contributed by atoms with Crippen molar-refractivity contribution >= 4 is 24.8 Å². The van der Waals surface area contributed by atoms with Crippen LogP contribution in [0.2, 0.25) is 0 Å². The zero-order valence-corrected chi connectivity index (χ0v) is 11.1. The van der Waals surface area contributed by atoms with Gasteiger partial charge in [-0.1, -0.05) is 42.5 Å². The Hall–Kier alpha value is -0.580. The largest absolute Gasteiger partial charge is 0.323 e. The molecule has 0 fully saturated rings. The molecule has 1 aliphatic rings. The highest BCUT2D eigenvalue weighted by Crippen LogP contribution is 2.06. The average molecular weight is 277 g/mol. The Balaban J connectivity index is 0.00000128. The van der Waals surface area contributed by atoms with Gasteiger partial charge in [-0.2, -0.15) is 5.06 Å². The van der Waals surface area contributed by atoms with Gasteiger partial charge in [-0.05, 0) is 5.56 Å². The fourth-order valence-electron chi connectivity index (χ4n) is 1.57. The number of hydrogen-bond donors (Lipinski definition) is 1. The van der Waals surface area contributed by atoms with Gasteiger partial charge in [-0.3, -0.25) is 4.84 Å². The second-order valence-electron chi connectivity index (χ2n) is 3.70. The zero-order chi connectivity index (χ0) is 10.5. The molecule has 96 valence electrons. The molecule has 0 aromatic heterocycles. The molecular weight excluding hydrogens is 259 g/mol. The maximum Gasteiger partial charge on any atom is 0.0936 e. The number of hydroxylamine groups is 2. The third-order valence-electron chi connectivity index (χ3n) is 2.36. The molecule has 5 heteroatoms. The molecule has 0 amide bonds. The topological polar surface area (TPSA) is 38.5 Å². The Bertz CT molecular complexity index is 333. The first kappa shape index (κ1) is 16.4. The van der Waals surface area contributed by atoms with Crippen molar-refractivity contribution in [2.75, 3.05) is 13.1 Å². The number of nitrogens with zero attached hydrogens (tertiary/aromatic N) is 1. The fourth-order valence-corrected chi connectivity index (χ4v) is 1.57. The minimum atomic E-state index is 0. The number of hydrogen-bond acceptors (Lipinski definition) is 3. The minimum absolute atomic E-state index is 0. The van der Waals surface area contributed by atoms with Gasteiger partial charge in [0.15, 0.2) is 0 Å². The highest BCUT2D eigenvalue weighted by Gasteiger charge is 2.11. The van der Waals surface area contributed by atoms with Crippen LogP contribution >= 0.6 is 24.8 Å². The highest BCUT2D eigenvalue weighted by molar-refractivity contribution is 5.85. The number of nitrogens with two attached hydrogens (primary N) is 1. The van der Waals surface area contributed by atoms with E-state index in [-0.39, 0.29) is 30.9 Å². The average Bonchev–Trinajstić information content (AvgIpc) is 2.28. The van der Waals surface area contributed by atoms with Crippen LogP contribution in [-0.4, -0.2) is 24.2 Å². The molecule has 1 aliphatic heterocycles. The van der Waals surface area contributed by atoms with Gasteiger partial charge in [-0.25, -0.2) is 0 Å². The molecule has 0 saturated carbocycles. The van der Waals surface area contributed by atoms with E-state index >= 15 is 0 Å². The summed E-state index contributed by atoms with van der Waals surface area (Å²) in [6.45, 7) is 2.20. The molecule has 1 unspecified atom stereocenters. The summed E-state index contributed by atoms with van der Waals surface area (Å²) in [5.74, 6) is 0. The van der Waals surface area contributed by atoms with E-state index < -0.39 is 0 Å². The zero-order valence-electron chi connectivity index (χ0n) is 9.49. The van der Waals surface area contributed by atoms with Crippen molar-refractivity contribution in [3.8, 4) is 0 Å². The van der Waals surface area contributed by atoms with Crippen LogP contribution < -0.4 is 5.73 Å². The van der Waals surface area contributed by atoms with Gasteiger partial charge in [-0.15, -0.1) is 24.8 Å². The highest BCUT2D eigenvalue weighted by atomic mass is 35.5. The quantitative estimate of drug-likeness (QED) is 0.860. The maximum absolute atomic E-state index is 5.79. The van der Waals surface area contributed by atoms with E-state index in [4.69, 9.17) is 10.6 Å². The van der Waals surface area contributed by atoms with Gasteiger partial charge in [0.2, 0.25) is 0 Å². The molecule has 1 atom stereocenters. The van der Waals surface area contributed by atoms with Crippen LogP contribution in [-0.2, 0) is 11.4 Å². The second-order valence-corrected chi connectivity index (χ2v) is 3.70. The standard InChI is InChI=1S/C12H16N2O.2ClH/c13-12-7-4-8-14(9-12)15-10-11-5-2-1-3-6-11;;/h1-7,12H,8-10,13H2;2*1H. The number of benzene rings is 1.